The molecule has 0 aliphatic rings. The van der Waals surface area contributed by atoms with E-state index >= 15 is 0 Å². The maximum absolute atomic E-state index is 5.48. The predicted molar refractivity (Wildman–Crippen MR) is 77.4 cm³/mol. The number of ether oxygens (including phenoxy) is 1. The van der Waals surface area contributed by atoms with Gasteiger partial charge in [0.15, 0.2) is 0 Å². The second-order valence-corrected chi connectivity index (χ2v) is 5.30. The van der Waals surface area contributed by atoms with Crippen LogP contribution in [0.2, 0.25) is 0 Å². The lowest BCUT2D eigenvalue weighted by atomic mass is 10.0. The Morgan fingerprint density at radius 2 is 2.17 bits per heavy atom. The molecule has 0 spiro atoms. The highest BCUT2D eigenvalue weighted by atomic mass is 32.2. The van der Waals surface area contributed by atoms with E-state index in [1.807, 2.05) is 24.0 Å². The van der Waals surface area contributed by atoms with Gasteiger partial charge in [-0.15, -0.1) is 11.8 Å². The number of pyridine rings is 1. The Balaban J connectivity index is 2.54. The standard InChI is InChI=1S/C15H17NOS/c1-4-18-15-9-13(12-6-5-7-16-10-12)14(17-3)8-11(15)2/h5-10H,4H2,1-3H3. The van der Waals surface area contributed by atoms with Crippen LogP contribution in [-0.2, 0) is 0 Å². The number of hydrogen-bond donors (Lipinski definition) is 0. The number of rotatable bonds is 4. The fourth-order valence-electron chi connectivity index (χ4n) is 1.89. The molecule has 0 radical (unpaired) electrons. The largest absolute Gasteiger partial charge is 0.496 e. The van der Waals surface area contributed by atoms with Crippen molar-refractivity contribution < 1.29 is 4.74 Å². The molecular formula is C15H17NOS. The van der Waals surface area contributed by atoms with Crippen molar-refractivity contribution in [3.63, 3.8) is 0 Å². The normalized spacial score (nSPS) is 10.4. The highest BCUT2D eigenvalue weighted by Crippen LogP contribution is 2.35. The van der Waals surface area contributed by atoms with Crippen LogP contribution in [0.4, 0.5) is 0 Å². The first kappa shape index (κ1) is 13.0. The number of benzene rings is 1. The Morgan fingerprint density at radius 3 is 2.78 bits per heavy atom. The van der Waals surface area contributed by atoms with Crippen molar-refractivity contribution in [1.82, 2.24) is 4.98 Å². The van der Waals surface area contributed by atoms with Crippen molar-refractivity contribution in [2.45, 2.75) is 18.7 Å². The number of nitrogens with zero attached hydrogens (tertiary/aromatic N) is 1. The van der Waals surface area contributed by atoms with Crippen molar-refractivity contribution >= 4 is 11.8 Å². The van der Waals surface area contributed by atoms with E-state index in [9.17, 15) is 0 Å². The fraction of sp³-hybridized carbons (Fsp3) is 0.267. The summed E-state index contributed by atoms with van der Waals surface area (Å²) < 4.78 is 5.48. The van der Waals surface area contributed by atoms with Crippen LogP contribution in [-0.4, -0.2) is 17.8 Å². The van der Waals surface area contributed by atoms with Gasteiger partial charge < -0.3 is 4.74 Å². The second-order valence-electron chi connectivity index (χ2n) is 3.99. The van der Waals surface area contributed by atoms with Crippen LogP contribution in [0, 0.1) is 6.92 Å². The van der Waals surface area contributed by atoms with Crippen LogP contribution in [0.5, 0.6) is 5.75 Å². The topological polar surface area (TPSA) is 22.1 Å². The van der Waals surface area contributed by atoms with E-state index in [0.29, 0.717) is 0 Å². The molecule has 1 heterocycles. The molecule has 94 valence electrons. The second kappa shape index (κ2) is 5.91. The van der Waals surface area contributed by atoms with Crippen molar-refractivity contribution in [2.24, 2.45) is 0 Å². The van der Waals surface area contributed by atoms with Gasteiger partial charge in [-0.25, -0.2) is 0 Å². The van der Waals surface area contributed by atoms with Crippen molar-refractivity contribution in [2.75, 3.05) is 12.9 Å². The summed E-state index contributed by atoms with van der Waals surface area (Å²) in [5.74, 6) is 1.97. The molecule has 2 nitrogen and oxygen atoms in total. The maximum Gasteiger partial charge on any atom is 0.127 e. The van der Waals surface area contributed by atoms with Gasteiger partial charge in [0.25, 0.3) is 0 Å². The zero-order chi connectivity index (χ0) is 13.0. The lowest BCUT2D eigenvalue weighted by Crippen LogP contribution is -1.92. The molecule has 1 aromatic carbocycles. The number of hydrogen-bond acceptors (Lipinski definition) is 3. The molecular weight excluding hydrogens is 242 g/mol. The Bertz CT molecular complexity index is 526. The third-order valence-corrected chi connectivity index (χ3v) is 3.81. The minimum absolute atomic E-state index is 0.904. The minimum Gasteiger partial charge on any atom is -0.496 e. The van der Waals surface area contributed by atoms with Gasteiger partial charge in [-0.2, -0.15) is 0 Å². The molecule has 0 atom stereocenters. The minimum atomic E-state index is 0.904. The van der Waals surface area contributed by atoms with Gasteiger partial charge >= 0.3 is 0 Å². The highest BCUT2D eigenvalue weighted by Gasteiger charge is 2.10. The van der Waals surface area contributed by atoms with Gasteiger partial charge in [0, 0.05) is 28.4 Å². The van der Waals surface area contributed by atoms with Gasteiger partial charge in [-0.1, -0.05) is 13.0 Å². The molecule has 0 unspecified atom stereocenters. The number of aromatic nitrogens is 1. The van der Waals surface area contributed by atoms with Crippen LogP contribution in [0.1, 0.15) is 12.5 Å². The van der Waals surface area contributed by atoms with Crippen molar-refractivity contribution in [3.05, 3.63) is 42.2 Å². The van der Waals surface area contributed by atoms with Gasteiger partial charge in [0.2, 0.25) is 0 Å². The third-order valence-electron chi connectivity index (χ3n) is 2.77. The summed E-state index contributed by atoms with van der Waals surface area (Å²) >= 11 is 1.85. The van der Waals surface area contributed by atoms with Gasteiger partial charge in [-0.3, -0.25) is 4.98 Å². The average Bonchev–Trinajstić information content (AvgIpc) is 2.42. The van der Waals surface area contributed by atoms with E-state index in [2.05, 4.69) is 37.0 Å². The summed E-state index contributed by atoms with van der Waals surface area (Å²) in [6.07, 6.45) is 3.65. The third kappa shape index (κ3) is 2.67. The van der Waals surface area contributed by atoms with Gasteiger partial charge in [0.05, 0.1) is 7.11 Å². The molecule has 0 saturated carbocycles. The summed E-state index contributed by atoms with van der Waals surface area (Å²) in [5.41, 5.74) is 3.45. The molecule has 0 N–H and O–H groups in total. The average molecular weight is 259 g/mol. The zero-order valence-electron chi connectivity index (χ0n) is 10.9. The number of aryl methyl sites for hydroxylation is 1. The van der Waals surface area contributed by atoms with E-state index < -0.39 is 0 Å². The molecule has 2 rings (SSSR count). The van der Waals surface area contributed by atoms with E-state index in [-0.39, 0.29) is 0 Å². The summed E-state index contributed by atoms with van der Waals surface area (Å²) in [4.78, 5) is 5.48. The summed E-state index contributed by atoms with van der Waals surface area (Å²) in [6.45, 7) is 4.28. The van der Waals surface area contributed by atoms with E-state index in [0.717, 1.165) is 22.6 Å². The van der Waals surface area contributed by atoms with Crippen LogP contribution in [0.15, 0.2) is 41.6 Å². The lowest BCUT2D eigenvalue weighted by molar-refractivity contribution is 0.416. The van der Waals surface area contributed by atoms with Crippen LogP contribution < -0.4 is 4.74 Å². The predicted octanol–water partition coefficient (Wildman–Crippen LogP) is 4.18. The monoisotopic (exact) mass is 259 g/mol. The van der Waals surface area contributed by atoms with E-state index in [4.69, 9.17) is 4.74 Å². The Kier molecular flexibility index (Phi) is 4.26. The van der Waals surface area contributed by atoms with Crippen LogP contribution >= 0.6 is 11.8 Å². The van der Waals surface area contributed by atoms with Crippen molar-refractivity contribution in [3.8, 4) is 16.9 Å². The first-order valence-corrected chi connectivity index (χ1v) is 6.96. The Morgan fingerprint density at radius 1 is 1.33 bits per heavy atom. The molecule has 1 aromatic heterocycles. The molecule has 0 amide bonds. The first-order valence-electron chi connectivity index (χ1n) is 5.98. The smallest absolute Gasteiger partial charge is 0.127 e. The molecule has 0 bridgehead atoms. The molecule has 2 aromatic rings. The van der Waals surface area contributed by atoms with Crippen molar-refractivity contribution in [1.29, 1.82) is 0 Å². The lowest BCUT2D eigenvalue weighted by Gasteiger charge is -2.13. The molecule has 18 heavy (non-hydrogen) atoms. The summed E-state index contributed by atoms with van der Waals surface area (Å²) in [5, 5.41) is 0. The number of methoxy groups -OCH3 is 1. The van der Waals surface area contributed by atoms with E-state index in [1.54, 1.807) is 13.3 Å². The summed E-state index contributed by atoms with van der Waals surface area (Å²) in [7, 11) is 1.71. The molecule has 0 aliphatic heterocycles. The van der Waals surface area contributed by atoms with Crippen LogP contribution in [0.25, 0.3) is 11.1 Å². The molecule has 3 heteroatoms. The SMILES string of the molecule is CCSc1cc(-c2cccnc2)c(OC)cc1C. The van der Waals surface area contributed by atoms with Gasteiger partial charge in [0.1, 0.15) is 5.75 Å². The maximum atomic E-state index is 5.48. The Labute approximate surface area is 112 Å². The molecule has 0 saturated heterocycles. The fourth-order valence-corrected chi connectivity index (χ4v) is 2.69. The highest BCUT2D eigenvalue weighted by molar-refractivity contribution is 7.99. The summed E-state index contributed by atoms with van der Waals surface area (Å²) in [6, 6.07) is 8.29. The molecule has 0 aliphatic carbocycles. The number of thioether (sulfide) groups is 1. The zero-order valence-corrected chi connectivity index (χ0v) is 11.8. The first-order chi connectivity index (χ1) is 8.76. The Hall–Kier alpha value is -1.48. The van der Waals surface area contributed by atoms with E-state index in [1.165, 1.54) is 10.5 Å². The van der Waals surface area contributed by atoms with Gasteiger partial charge in [-0.05, 0) is 36.4 Å². The molecule has 0 fully saturated rings. The van der Waals surface area contributed by atoms with Crippen LogP contribution in [0.3, 0.4) is 0 Å². The quantitative estimate of drug-likeness (QED) is 0.769.